The zero-order valence-electron chi connectivity index (χ0n) is 8.75. The summed E-state index contributed by atoms with van der Waals surface area (Å²) in [6.07, 6.45) is 1.14. The molecule has 0 aliphatic carbocycles. The van der Waals surface area contributed by atoms with Crippen molar-refractivity contribution in [1.29, 1.82) is 0 Å². The third-order valence-corrected chi connectivity index (χ3v) is 2.62. The first-order chi connectivity index (χ1) is 6.19. The summed E-state index contributed by atoms with van der Waals surface area (Å²) in [7, 11) is 0. The highest BCUT2D eigenvalue weighted by molar-refractivity contribution is 5.79. The van der Waals surface area contributed by atoms with E-state index in [0.717, 1.165) is 19.5 Å². The monoisotopic (exact) mass is 185 g/mol. The maximum absolute atomic E-state index is 11.8. The molecule has 1 aliphatic rings. The van der Waals surface area contributed by atoms with E-state index in [2.05, 4.69) is 0 Å². The van der Waals surface area contributed by atoms with Crippen molar-refractivity contribution < 1.29 is 9.53 Å². The van der Waals surface area contributed by atoms with Gasteiger partial charge in [0.05, 0.1) is 18.6 Å². The first-order valence-corrected chi connectivity index (χ1v) is 5.09. The summed E-state index contributed by atoms with van der Waals surface area (Å²) in [5.41, 5.74) is 0. The molecule has 0 spiro atoms. The average molecular weight is 185 g/mol. The molecule has 0 radical (unpaired) electrons. The topological polar surface area (TPSA) is 29.5 Å². The highest BCUT2D eigenvalue weighted by Gasteiger charge is 2.30. The highest BCUT2D eigenvalue weighted by Crippen LogP contribution is 2.20. The number of rotatable bonds is 3. The van der Waals surface area contributed by atoms with Crippen molar-refractivity contribution >= 4 is 5.91 Å². The van der Waals surface area contributed by atoms with Crippen LogP contribution in [0.15, 0.2) is 0 Å². The molecule has 1 rings (SSSR count). The van der Waals surface area contributed by atoms with E-state index < -0.39 is 0 Å². The Morgan fingerprint density at radius 1 is 1.46 bits per heavy atom. The third kappa shape index (κ3) is 2.44. The fourth-order valence-corrected chi connectivity index (χ4v) is 1.78. The fraction of sp³-hybridized carbons (Fsp3) is 0.900. The molecular weight excluding hydrogens is 166 g/mol. The Morgan fingerprint density at radius 2 is 2.08 bits per heavy atom. The van der Waals surface area contributed by atoms with Gasteiger partial charge >= 0.3 is 0 Å². The molecule has 0 N–H and O–H groups in total. The number of carbonyl (C=O) groups is 1. The summed E-state index contributed by atoms with van der Waals surface area (Å²) in [6.45, 7) is 8.27. The minimum atomic E-state index is 0.106. The van der Waals surface area contributed by atoms with Crippen molar-refractivity contribution in [2.45, 2.75) is 33.3 Å². The third-order valence-electron chi connectivity index (χ3n) is 2.62. The molecule has 3 nitrogen and oxygen atoms in total. The van der Waals surface area contributed by atoms with Crippen molar-refractivity contribution in [3.05, 3.63) is 0 Å². The van der Waals surface area contributed by atoms with Crippen LogP contribution in [0.3, 0.4) is 0 Å². The second-order valence-electron chi connectivity index (χ2n) is 3.59. The lowest BCUT2D eigenvalue weighted by molar-refractivity contribution is -0.135. The molecule has 1 fully saturated rings. The second-order valence-corrected chi connectivity index (χ2v) is 3.59. The van der Waals surface area contributed by atoms with Gasteiger partial charge in [0.25, 0.3) is 0 Å². The van der Waals surface area contributed by atoms with Crippen LogP contribution in [0.1, 0.15) is 27.2 Å². The lowest BCUT2D eigenvalue weighted by Crippen LogP contribution is -2.36. The van der Waals surface area contributed by atoms with Gasteiger partial charge in [-0.2, -0.15) is 0 Å². The molecule has 76 valence electrons. The molecule has 0 aromatic rings. The molecule has 2 unspecified atom stereocenters. The van der Waals surface area contributed by atoms with Gasteiger partial charge in [0.2, 0.25) is 5.91 Å². The summed E-state index contributed by atoms with van der Waals surface area (Å²) in [6, 6.07) is 0. The van der Waals surface area contributed by atoms with E-state index in [1.54, 1.807) is 0 Å². The normalized spacial score (nSPS) is 27.6. The van der Waals surface area contributed by atoms with E-state index in [0.29, 0.717) is 6.61 Å². The van der Waals surface area contributed by atoms with Crippen LogP contribution in [0.4, 0.5) is 0 Å². The molecule has 0 aromatic carbocycles. The number of amides is 1. The molecule has 1 saturated heterocycles. The standard InChI is InChI=1S/C10H19NO2/c1-4-11(5-2)10(12)9-6-8(3)13-7-9/h8-9H,4-7H2,1-3H3. The van der Waals surface area contributed by atoms with Crippen LogP contribution in [-0.4, -0.2) is 36.6 Å². The van der Waals surface area contributed by atoms with Crippen molar-refractivity contribution in [2.75, 3.05) is 19.7 Å². The zero-order valence-corrected chi connectivity index (χ0v) is 8.75. The van der Waals surface area contributed by atoms with Crippen LogP contribution in [-0.2, 0) is 9.53 Å². The maximum atomic E-state index is 11.8. The Kier molecular flexibility index (Phi) is 3.72. The molecule has 0 saturated carbocycles. The summed E-state index contributed by atoms with van der Waals surface area (Å²) >= 11 is 0. The van der Waals surface area contributed by atoms with Crippen LogP contribution in [0.5, 0.6) is 0 Å². The van der Waals surface area contributed by atoms with Gasteiger partial charge in [0.15, 0.2) is 0 Å². The van der Waals surface area contributed by atoms with Gasteiger partial charge in [-0.15, -0.1) is 0 Å². The van der Waals surface area contributed by atoms with Gasteiger partial charge in [-0.05, 0) is 27.2 Å². The average Bonchev–Trinajstić information content (AvgIpc) is 2.54. The molecule has 0 bridgehead atoms. The molecule has 1 heterocycles. The van der Waals surface area contributed by atoms with Gasteiger partial charge < -0.3 is 9.64 Å². The molecule has 0 aromatic heterocycles. The van der Waals surface area contributed by atoms with Crippen LogP contribution >= 0.6 is 0 Å². The summed E-state index contributed by atoms with van der Waals surface area (Å²) in [4.78, 5) is 13.7. The molecule has 3 heteroatoms. The van der Waals surface area contributed by atoms with Crippen LogP contribution < -0.4 is 0 Å². The lowest BCUT2D eigenvalue weighted by Gasteiger charge is -2.21. The van der Waals surface area contributed by atoms with E-state index in [4.69, 9.17) is 4.74 Å². The van der Waals surface area contributed by atoms with Crippen molar-refractivity contribution in [3.8, 4) is 0 Å². The first-order valence-electron chi connectivity index (χ1n) is 5.09. The first kappa shape index (κ1) is 10.5. The number of nitrogens with zero attached hydrogens (tertiary/aromatic N) is 1. The quantitative estimate of drug-likeness (QED) is 0.663. The lowest BCUT2D eigenvalue weighted by atomic mass is 10.0. The predicted molar refractivity (Wildman–Crippen MR) is 51.4 cm³/mol. The Bertz CT molecular complexity index is 178. The smallest absolute Gasteiger partial charge is 0.228 e. The Labute approximate surface area is 80.1 Å². The van der Waals surface area contributed by atoms with Gasteiger partial charge in [-0.25, -0.2) is 0 Å². The summed E-state index contributed by atoms with van der Waals surface area (Å²) in [5, 5.41) is 0. The van der Waals surface area contributed by atoms with Crippen LogP contribution in [0.25, 0.3) is 0 Å². The molecule has 1 aliphatic heterocycles. The second kappa shape index (κ2) is 4.61. The molecule has 13 heavy (non-hydrogen) atoms. The summed E-state index contributed by atoms with van der Waals surface area (Å²) in [5.74, 6) is 0.365. The van der Waals surface area contributed by atoms with Crippen molar-refractivity contribution in [3.63, 3.8) is 0 Å². The van der Waals surface area contributed by atoms with Crippen molar-refractivity contribution in [2.24, 2.45) is 5.92 Å². The van der Waals surface area contributed by atoms with Crippen LogP contribution in [0, 0.1) is 5.92 Å². The highest BCUT2D eigenvalue weighted by atomic mass is 16.5. The van der Waals surface area contributed by atoms with E-state index in [1.165, 1.54) is 0 Å². The fourth-order valence-electron chi connectivity index (χ4n) is 1.78. The minimum Gasteiger partial charge on any atom is -0.378 e. The van der Waals surface area contributed by atoms with Crippen molar-refractivity contribution in [1.82, 2.24) is 4.90 Å². The van der Waals surface area contributed by atoms with Gasteiger partial charge in [-0.3, -0.25) is 4.79 Å². The predicted octanol–water partition coefficient (Wildman–Crippen LogP) is 1.28. The number of ether oxygens (including phenoxy) is 1. The number of carbonyl (C=O) groups excluding carboxylic acids is 1. The number of hydrogen-bond donors (Lipinski definition) is 0. The SMILES string of the molecule is CCN(CC)C(=O)C1COC(C)C1. The van der Waals surface area contributed by atoms with Gasteiger partial charge in [0, 0.05) is 13.1 Å². The Hall–Kier alpha value is -0.570. The van der Waals surface area contributed by atoms with E-state index >= 15 is 0 Å². The van der Waals surface area contributed by atoms with E-state index in [1.807, 2.05) is 25.7 Å². The van der Waals surface area contributed by atoms with Gasteiger partial charge in [0.1, 0.15) is 0 Å². The number of hydrogen-bond acceptors (Lipinski definition) is 2. The minimum absolute atomic E-state index is 0.106. The zero-order chi connectivity index (χ0) is 9.84. The summed E-state index contributed by atoms with van der Waals surface area (Å²) < 4.78 is 5.38. The molecule has 2 atom stereocenters. The van der Waals surface area contributed by atoms with E-state index in [-0.39, 0.29) is 17.9 Å². The van der Waals surface area contributed by atoms with Gasteiger partial charge in [-0.1, -0.05) is 0 Å². The Balaban J connectivity index is 2.47. The van der Waals surface area contributed by atoms with E-state index in [9.17, 15) is 4.79 Å². The molecule has 1 amide bonds. The Morgan fingerprint density at radius 3 is 2.46 bits per heavy atom. The molecular formula is C10H19NO2. The largest absolute Gasteiger partial charge is 0.378 e. The van der Waals surface area contributed by atoms with Crippen LogP contribution in [0.2, 0.25) is 0 Å². The maximum Gasteiger partial charge on any atom is 0.228 e.